The number of ether oxygens (including phenoxy) is 1. The normalized spacial score (nSPS) is 21.0. The minimum Gasteiger partial charge on any atom is -0.497 e. The van der Waals surface area contributed by atoms with Gasteiger partial charge in [-0.2, -0.15) is 10.2 Å². The molecule has 7 nitrogen and oxygen atoms in total. The maximum atomic E-state index is 5.72. The summed E-state index contributed by atoms with van der Waals surface area (Å²) in [7, 11) is 1.61. The number of rotatable bonds is 3. The number of hydrazine groups is 1. The number of methoxy groups -OCH3 is 1. The summed E-state index contributed by atoms with van der Waals surface area (Å²) in [5, 5.41) is 9.07. The van der Waals surface area contributed by atoms with E-state index in [0.717, 1.165) is 16.6 Å². The molecule has 90 valence electrons. The van der Waals surface area contributed by atoms with E-state index in [2.05, 4.69) is 15.6 Å². The Balaban J connectivity index is 2.07. The number of hydrogen-bond donors (Lipinski definition) is 3. The van der Waals surface area contributed by atoms with Gasteiger partial charge in [0, 0.05) is 6.07 Å². The molecule has 1 unspecified atom stereocenters. The zero-order valence-electron chi connectivity index (χ0n) is 9.37. The molecule has 0 saturated heterocycles. The first-order valence-corrected chi connectivity index (χ1v) is 5.02. The molecule has 1 aliphatic heterocycles. The van der Waals surface area contributed by atoms with Crippen LogP contribution in [0.2, 0.25) is 0 Å². The Morgan fingerprint density at radius 3 is 3.00 bits per heavy atom. The Kier molecular flexibility index (Phi) is 3.22. The van der Waals surface area contributed by atoms with Crippen LogP contribution in [0.5, 0.6) is 5.75 Å². The first-order chi connectivity index (χ1) is 8.20. The van der Waals surface area contributed by atoms with Gasteiger partial charge in [-0.1, -0.05) is 6.07 Å². The summed E-state index contributed by atoms with van der Waals surface area (Å²) in [5.41, 5.74) is 9.95. The number of nitrogens with one attached hydrogen (secondary N) is 1. The average Bonchev–Trinajstić information content (AvgIpc) is 2.68. The van der Waals surface area contributed by atoms with E-state index in [1.165, 1.54) is 6.21 Å². The van der Waals surface area contributed by atoms with Crippen LogP contribution in [-0.4, -0.2) is 30.3 Å². The lowest BCUT2D eigenvalue weighted by molar-refractivity contribution is 0.280. The molecular weight excluding hydrogens is 220 g/mol. The maximum Gasteiger partial charge on any atom is 0.157 e. The fourth-order valence-corrected chi connectivity index (χ4v) is 1.33. The molecule has 1 atom stereocenters. The number of nitrogens with two attached hydrogens (primary N) is 2. The molecule has 0 bridgehead atoms. The van der Waals surface area contributed by atoms with Crippen LogP contribution in [-0.2, 0) is 0 Å². The molecule has 0 aromatic heterocycles. The number of hydrazone groups is 2. The Labute approximate surface area is 98.7 Å². The van der Waals surface area contributed by atoms with E-state index in [0.29, 0.717) is 5.71 Å². The van der Waals surface area contributed by atoms with Crippen molar-refractivity contribution in [2.45, 2.75) is 6.17 Å². The van der Waals surface area contributed by atoms with Crippen molar-refractivity contribution in [1.82, 2.24) is 5.12 Å². The second kappa shape index (κ2) is 4.81. The monoisotopic (exact) mass is 234 g/mol. The van der Waals surface area contributed by atoms with Gasteiger partial charge in [-0.3, -0.25) is 5.43 Å². The van der Waals surface area contributed by atoms with Gasteiger partial charge in [0.2, 0.25) is 0 Å². The Hall–Kier alpha value is -2.12. The molecule has 0 radical (unpaired) electrons. The third-order valence-corrected chi connectivity index (χ3v) is 2.30. The second-order valence-corrected chi connectivity index (χ2v) is 3.45. The first kappa shape index (κ1) is 11.4. The molecule has 7 heteroatoms. The van der Waals surface area contributed by atoms with Crippen molar-refractivity contribution in [3.8, 4) is 5.75 Å². The highest BCUT2D eigenvalue weighted by molar-refractivity contribution is 6.34. The van der Waals surface area contributed by atoms with Crippen molar-refractivity contribution in [3.63, 3.8) is 0 Å². The summed E-state index contributed by atoms with van der Waals surface area (Å²) in [6.45, 7) is 0. The Morgan fingerprint density at radius 1 is 1.53 bits per heavy atom. The summed E-state index contributed by atoms with van der Waals surface area (Å²) < 4.78 is 5.10. The van der Waals surface area contributed by atoms with Gasteiger partial charge in [0.15, 0.2) is 6.17 Å². The molecule has 2 rings (SSSR count). The highest BCUT2D eigenvalue weighted by Gasteiger charge is 2.20. The lowest BCUT2D eigenvalue weighted by Crippen LogP contribution is -2.44. The van der Waals surface area contributed by atoms with E-state index >= 15 is 0 Å². The third kappa shape index (κ3) is 2.52. The van der Waals surface area contributed by atoms with E-state index < -0.39 is 6.17 Å². The molecule has 5 N–H and O–H groups in total. The zero-order valence-corrected chi connectivity index (χ0v) is 9.37. The minimum atomic E-state index is -0.520. The van der Waals surface area contributed by atoms with Gasteiger partial charge in [-0.05, 0) is 12.1 Å². The quantitative estimate of drug-likeness (QED) is 0.501. The predicted molar refractivity (Wildman–Crippen MR) is 66.5 cm³/mol. The summed E-state index contributed by atoms with van der Waals surface area (Å²) >= 11 is 0. The van der Waals surface area contributed by atoms with Crippen LogP contribution in [0.25, 0.3) is 0 Å². The standard InChI is InChI=1S/C10H14N6O/c1-17-8-4-2-3-7(5-8)14-15-9-6-13-16(12)10(9)11/h2-6,10,14H,11-12H2,1H3. The predicted octanol–water partition coefficient (Wildman–Crippen LogP) is -0.0770. The van der Waals surface area contributed by atoms with Crippen molar-refractivity contribution >= 4 is 17.6 Å². The molecule has 1 aromatic rings. The third-order valence-electron chi connectivity index (χ3n) is 2.30. The molecule has 1 heterocycles. The molecule has 1 aromatic carbocycles. The fourth-order valence-electron chi connectivity index (χ4n) is 1.33. The molecule has 0 fully saturated rings. The molecule has 0 amide bonds. The molecule has 17 heavy (non-hydrogen) atoms. The average molecular weight is 234 g/mol. The lowest BCUT2D eigenvalue weighted by atomic mass is 10.3. The Bertz CT molecular complexity index is 458. The number of hydrogen-bond acceptors (Lipinski definition) is 7. The smallest absolute Gasteiger partial charge is 0.157 e. The number of benzene rings is 1. The topological polar surface area (TPSA) is 101 Å². The molecule has 0 aliphatic carbocycles. The van der Waals surface area contributed by atoms with Crippen molar-refractivity contribution in [1.29, 1.82) is 0 Å². The highest BCUT2D eigenvalue weighted by Crippen LogP contribution is 2.16. The number of nitrogens with zero attached hydrogens (tertiary/aromatic N) is 3. The van der Waals surface area contributed by atoms with Crippen molar-refractivity contribution in [2.24, 2.45) is 21.8 Å². The molecule has 0 spiro atoms. The van der Waals surface area contributed by atoms with Crippen molar-refractivity contribution in [2.75, 3.05) is 12.5 Å². The van der Waals surface area contributed by atoms with Gasteiger partial charge >= 0.3 is 0 Å². The first-order valence-electron chi connectivity index (χ1n) is 5.02. The zero-order chi connectivity index (χ0) is 12.3. The van der Waals surface area contributed by atoms with Gasteiger partial charge in [0.25, 0.3) is 0 Å². The van der Waals surface area contributed by atoms with Crippen LogP contribution < -0.4 is 21.7 Å². The summed E-state index contributed by atoms with van der Waals surface area (Å²) in [6, 6.07) is 7.40. The van der Waals surface area contributed by atoms with E-state index in [-0.39, 0.29) is 0 Å². The van der Waals surface area contributed by atoms with Gasteiger partial charge in [0.1, 0.15) is 11.5 Å². The van der Waals surface area contributed by atoms with Crippen LogP contribution in [0.4, 0.5) is 5.69 Å². The molecule has 1 aliphatic rings. The minimum absolute atomic E-state index is 0.520. The lowest BCUT2D eigenvalue weighted by Gasteiger charge is -2.12. The summed E-state index contributed by atoms with van der Waals surface area (Å²) in [4.78, 5) is 0. The summed E-state index contributed by atoms with van der Waals surface area (Å²) in [6.07, 6.45) is 0.991. The second-order valence-electron chi connectivity index (χ2n) is 3.45. The summed E-state index contributed by atoms with van der Waals surface area (Å²) in [5.74, 6) is 6.22. The number of anilines is 1. The van der Waals surface area contributed by atoms with E-state index in [1.807, 2.05) is 24.3 Å². The van der Waals surface area contributed by atoms with Gasteiger partial charge in [0.05, 0.1) is 19.0 Å². The SMILES string of the molecule is COc1cccc(NN=C2C=NN(N)C2N)c1. The van der Waals surface area contributed by atoms with Crippen LogP contribution in [0.1, 0.15) is 0 Å². The van der Waals surface area contributed by atoms with Crippen LogP contribution in [0.15, 0.2) is 34.5 Å². The Morgan fingerprint density at radius 2 is 2.35 bits per heavy atom. The van der Waals surface area contributed by atoms with Crippen molar-refractivity contribution in [3.05, 3.63) is 24.3 Å². The van der Waals surface area contributed by atoms with E-state index in [4.69, 9.17) is 16.3 Å². The molecular formula is C10H14N6O. The highest BCUT2D eigenvalue weighted by atomic mass is 16.5. The van der Waals surface area contributed by atoms with Crippen LogP contribution >= 0.6 is 0 Å². The van der Waals surface area contributed by atoms with Crippen molar-refractivity contribution < 1.29 is 4.74 Å². The fraction of sp³-hybridized carbons (Fsp3) is 0.200. The van der Waals surface area contributed by atoms with Gasteiger partial charge in [-0.15, -0.1) is 0 Å². The largest absolute Gasteiger partial charge is 0.497 e. The maximum absolute atomic E-state index is 5.72. The van der Waals surface area contributed by atoms with E-state index in [9.17, 15) is 0 Å². The van der Waals surface area contributed by atoms with E-state index in [1.54, 1.807) is 7.11 Å². The van der Waals surface area contributed by atoms with Crippen LogP contribution in [0.3, 0.4) is 0 Å². The van der Waals surface area contributed by atoms with Gasteiger partial charge in [-0.25, -0.2) is 11.0 Å². The molecule has 0 saturated carbocycles. The van der Waals surface area contributed by atoms with Crippen LogP contribution in [0, 0.1) is 0 Å². The van der Waals surface area contributed by atoms with Gasteiger partial charge < -0.3 is 10.5 Å².